The highest BCUT2D eigenvalue weighted by Gasteiger charge is 2.36. The highest BCUT2D eigenvalue weighted by atomic mass is 35.5. The van der Waals surface area contributed by atoms with E-state index in [1.54, 1.807) is 0 Å². The van der Waals surface area contributed by atoms with Crippen molar-refractivity contribution in [3.8, 4) is 0 Å². The summed E-state index contributed by atoms with van der Waals surface area (Å²) in [6.07, 6.45) is -4.37. The molecule has 0 unspecified atom stereocenters. The maximum Gasteiger partial charge on any atom is 0.417 e. The van der Waals surface area contributed by atoms with Crippen molar-refractivity contribution >= 4 is 23.7 Å². The maximum absolute atomic E-state index is 12.5. The van der Waals surface area contributed by atoms with Crippen molar-refractivity contribution in [2.24, 2.45) is 0 Å². The minimum atomic E-state index is -4.67. The molecule has 6 heteroatoms. The Morgan fingerprint density at radius 2 is 1.94 bits per heavy atom. The van der Waals surface area contributed by atoms with E-state index in [1.165, 1.54) is 0 Å². The molecule has 1 aromatic rings. The van der Waals surface area contributed by atoms with Gasteiger partial charge in [-0.05, 0) is 19.1 Å². The average molecular weight is 251 g/mol. The average Bonchev–Trinajstić information content (AvgIpc) is 2.15. The summed E-state index contributed by atoms with van der Waals surface area (Å²) in [4.78, 5) is 21.6. The zero-order valence-electron chi connectivity index (χ0n) is 8.06. The first-order chi connectivity index (χ1) is 7.29. The van der Waals surface area contributed by atoms with E-state index in [-0.39, 0.29) is 5.56 Å². The van der Waals surface area contributed by atoms with Crippen LogP contribution < -0.4 is 0 Å². The van der Waals surface area contributed by atoms with Crippen molar-refractivity contribution in [2.45, 2.75) is 13.1 Å². The molecule has 0 atom stereocenters. The Bertz CT molecular complexity index is 452. The molecule has 0 fully saturated rings. The Balaban J connectivity index is 3.60. The monoisotopic (exact) mass is 250 g/mol. The Morgan fingerprint density at radius 1 is 1.38 bits per heavy atom. The van der Waals surface area contributed by atoms with Gasteiger partial charge in [-0.25, -0.2) is 0 Å². The summed E-state index contributed by atoms with van der Waals surface area (Å²) < 4.78 is 37.6. The van der Waals surface area contributed by atoms with Crippen LogP contribution in [0.15, 0.2) is 12.1 Å². The fraction of sp³-hybridized carbons (Fsp3) is 0.200. The number of benzene rings is 1. The molecule has 0 amide bonds. The predicted octanol–water partition coefficient (Wildman–Crippen LogP) is 3.37. The molecule has 0 spiro atoms. The molecule has 0 saturated heterocycles. The summed E-state index contributed by atoms with van der Waals surface area (Å²) in [5, 5.41) is -0.461. The van der Waals surface area contributed by atoms with Crippen molar-refractivity contribution in [2.75, 3.05) is 0 Å². The van der Waals surface area contributed by atoms with Gasteiger partial charge in [0.05, 0.1) is 10.6 Å². The molecule has 0 aliphatic rings. The van der Waals surface area contributed by atoms with Crippen molar-refractivity contribution in [3.63, 3.8) is 0 Å². The number of rotatable bonds is 2. The van der Waals surface area contributed by atoms with Gasteiger partial charge < -0.3 is 0 Å². The molecule has 1 aromatic carbocycles. The maximum atomic E-state index is 12.5. The Labute approximate surface area is 94.0 Å². The zero-order chi connectivity index (χ0) is 12.5. The van der Waals surface area contributed by atoms with Crippen molar-refractivity contribution in [1.82, 2.24) is 0 Å². The molecule has 86 valence electrons. The third-order valence-corrected chi connectivity index (χ3v) is 2.36. The van der Waals surface area contributed by atoms with Gasteiger partial charge in [0.25, 0.3) is 0 Å². The van der Waals surface area contributed by atoms with Crippen LogP contribution in [0.2, 0.25) is 5.02 Å². The summed E-state index contributed by atoms with van der Waals surface area (Å²) in [6.45, 7) is 0.963. The molecule has 0 radical (unpaired) electrons. The number of carbonyl (C=O) groups is 2. The lowest BCUT2D eigenvalue weighted by molar-refractivity contribution is -0.137. The standard InChI is InChI=1S/C10H6ClF3O2/c1-5(16)8-7(10(12,13)14)3-2-6(4-15)9(8)11/h2-4H,1H3. The fourth-order valence-corrected chi connectivity index (χ4v) is 1.61. The minimum absolute atomic E-state index is 0.139. The zero-order valence-corrected chi connectivity index (χ0v) is 8.82. The van der Waals surface area contributed by atoms with E-state index in [4.69, 9.17) is 11.6 Å². The molecule has 0 aromatic heterocycles. The number of carbonyl (C=O) groups excluding carboxylic acids is 2. The van der Waals surface area contributed by atoms with Gasteiger partial charge in [-0.2, -0.15) is 13.2 Å². The van der Waals surface area contributed by atoms with Gasteiger partial charge >= 0.3 is 6.18 Å². The normalized spacial score (nSPS) is 11.3. The lowest BCUT2D eigenvalue weighted by atomic mass is 10.0. The van der Waals surface area contributed by atoms with Crippen LogP contribution in [-0.2, 0) is 6.18 Å². The van der Waals surface area contributed by atoms with E-state index in [0.29, 0.717) is 12.4 Å². The highest BCUT2D eigenvalue weighted by molar-refractivity contribution is 6.36. The summed E-state index contributed by atoms with van der Waals surface area (Å²) >= 11 is 5.56. The van der Waals surface area contributed by atoms with Crippen LogP contribution in [0.4, 0.5) is 13.2 Å². The first kappa shape index (κ1) is 12.7. The Hall–Kier alpha value is -1.36. The number of hydrogen-bond acceptors (Lipinski definition) is 2. The molecule has 0 aliphatic heterocycles. The van der Waals surface area contributed by atoms with Crippen LogP contribution in [0, 0.1) is 0 Å². The summed E-state index contributed by atoms with van der Waals surface area (Å²) in [5.41, 5.74) is -1.94. The highest BCUT2D eigenvalue weighted by Crippen LogP contribution is 2.36. The lowest BCUT2D eigenvalue weighted by Crippen LogP contribution is -2.13. The number of hydrogen-bond donors (Lipinski definition) is 0. The van der Waals surface area contributed by atoms with E-state index >= 15 is 0 Å². The van der Waals surface area contributed by atoms with E-state index in [2.05, 4.69) is 0 Å². The smallest absolute Gasteiger partial charge is 0.298 e. The van der Waals surface area contributed by atoms with E-state index in [1.807, 2.05) is 0 Å². The molecule has 0 heterocycles. The third-order valence-electron chi connectivity index (χ3n) is 1.96. The number of aldehydes is 1. The minimum Gasteiger partial charge on any atom is -0.298 e. The number of alkyl halides is 3. The molecule has 0 saturated carbocycles. The van der Waals surface area contributed by atoms with Crippen LogP contribution >= 0.6 is 11.6 Å². The molecule has 2 nitrogen and oxygen atoms in total. The number of ketones is 1. The second-order valence-electron chi connectivity index (χ2n) is 3.06. The van der Waals surface area contributed by atoms with Gasteiger partial charge in [0.2, 0.25) is 0 Å². The van der Waals surface area contributed by atoms with Crippen LogP contribution in [0.1, 0.15) is 33.2 Å². The Kier molecular flexibility index (Phi) is 3.38. The van der Waals surface area contributed by atoms with E-state index in [0.717, 1.165) is 13.0 Å². The summed E-state index contributed by atoms with van der Waals surface area (Å²) in [5.74, 6) is -0.832. The topological polar surface area (TPSA) is 34.1 Å². The molecule has 16 heavy (non-hydrogen) atoms. The van der Waals surface area contributed by atoms with Crippen LogP contribution in [0.5, 0.6) is 0 Å². The molecule has 0 bridgehead atoms. The van der Waals surface area contributed by atoms with Gasteiger partial charge in [0.1, 0.15) is 0 Å². The van der Waals surface area contributed by atoms with Gasteiger partial charge in [0.15, 0.2) is 12.1 Å². The van der Waals surface area contributed by atoms with Gasteiger partial charge in [-0.15, -0.1) is 0 Å². The predicted molar refractivity (Wildman–Crippen MR) is 51.8 cm³/mol. The van der Waals surface area contributed by atoms with Crippen molar-refractivity contribution in [3.05, 3.63) is 33.8 Å². The molecule has 0 aliphatic carbocycles. The third kappa shape index (κ3) is 2.24. The van der Waals surface area contributed by atoms with Crippen LogP contribution in [-0.4, -0.2) is 12.1 Å². The fourth-order valence-electron chi connectivity index (χ4n) is 1.26. The number of Topliss-reactive ketones (excluding diaryl/α,β-unsaturated/α-hetero) is 1. The molecule has 1 rings (SSSR count). The second-order valence-corrected chi connectivity index (χ2v) is 3.44. The largest absolute Gasteiger partial charge is 0.417 e. The molecular formula is C10H6ClF3O2. The van der Waals surface area contributed by atoms with Crippen molar-refractivity contribution < 1.29 is 22.8 Å². The van der Waals surface area contributed by atoms with Gasteiger partial charge in [0, 0.05) is 11.1 Å². The van der Waals surface area contributed by atoms with Gasteiger partial charge in [-0.3, -0.25) is 9.59 Å². The molecule has 0 N–H and O–H groups in total. The number of halogens is 4. The quantitative estimate of drug-likeness (QED) is 0.596. The second kappa shape index (κ2) is 4.25. The van der Waals surface area contributed by atoms with E-state index < -0.39 is 28.1 Å². The first-order valence-electron chi connectivity index (χ1n) is 4.15. The van der Waals surface area contributed by atoms with Crippen molar-refractivity contribution in [1.29, 1.82) is 0 Å². The summed E-state index contributed by atoms with van der Waals surface area (Å²) in [6, 6.07) is 1.61. The van der Waals surface area contributed by atoms with Crippen LogP contribution in [0.25, 0.3) is 0 Å². The SMILES string of the molecule is CC(=O)c1c(C(F)(F)F)ccc(C=O)c1Cl. The van der Waals surface area contributed by atoms with Crippen LogP contribution in [0.3, 0.4) is 0 Å². The first-order valence-corrected chi connectivity index (χ1v) is 4.52. The van der Waals surface area contributed by atoms with E-state index in [9.17, 15) is 22.8 Å². The Morgan fingerprint density at radius 3 is 2.31 bits per heavy atom. The van der Waals surface area contributed by atoms with Gasteiger partial charge in [-0.1, -0.05) is 11.6 Å². The summed E-state index contributed by atoms with van der Waals surface area (Å²) in [7, 11) is 0. The molecular weight excluding hydrogens is 245 g/mol. The lowest BCUT2D eigenvalue weighted by Gasteiger charge is -2.13.